The third-order valence-electron chi connectivity index (χ3n) is 5.37. The highest BCUT2D eigenvalue weighted by molar-refractivity contribution is 8.00. The van der Waals surface area contributed by atoms with Crippen LogP contribution < -0.4 is 4.74 Å². The van der Waals surface area contributed by atoms with Crippen LogP contribution in [0.1, 0.15) is 39.9 Å². The first-order valence-corrected chi connectivity index (χ1v) is 11.0. The van der Waals surface area contributed by atoms with Gasteiger partial charge >= 0.3 is 0 Å². The number of rotatable bonds is 6. The molecule has 30 heavy (non-hydrogen) atoms. The minimum Gasteiger partial charge on any atom is -0.497 e. The van der Waals surface area contributed by atoms with E-state index in [2.05, 4.69) is 6.07 Å². The van der Waals surface area contributed by atoms with Crippen molar-refractivity contribution in [3.05, 3.63) is 76.9 Å². The Morgan fingerprint density at radius 1 is 1.10 bits per heavy atom. The number of hydrogen-bond acceptors (Lipinski definition) is 5. The first-order chi connectivity index (χ1) is 14.7. The van der Waals surface area contributed by atoms with E-state index in [9.17, 15) is 10.1 Å². The normalized spacial score (nSPS) is 12.7. The third kappa shape index (κ3) is 4.10. The Bertz CT molecular complexity index is 1120. The maximum atomic E-state index is 12.6. The number of carbonyl (C=O) groups excluding carboxylic acids is 1. The van der Waals surface area contributed by atoms with Gasteiger partial charge in [-0.15, -0.1) is 0 Å². The molecule has 1 aliphatic carbocycles. The van der Waals surface area contributed by atoms with E-state index >= 15 is 0 Å². The van der Waals surface area contributed by atoms with E-state index in [1.54, 1.807) is 7.11 Å². The predicted molar refractivity (Wildman–Crippen MR) is 119 cm³/mol. The van der Waals surface area contributed by atoms with Gasteiger partial charge in [0.1, 0.15) is 16.8 Å². The predicted octanol–water partition coefficient (Wildman–Crippen LogP) is 5.48. The zero-order valence-corrected chi connectivity index (χ0v) is 17.7. The highest BCUT2D eigenvalue weighted by Crippen LogP contribution is 2.37. The SMILES string of the molecule is COc1cccc(-c2nc(SCC(=O)c3ccccc3)c(C#N)c3c2CCCC3)c1. The molecular weight excluding hydrogens is 392 g/mol. The third-order valence-corrected chi connectivity index (χ3v) is 6.35. The number of fused-ring (bicyclic) bond motifs is 1. The smallest absolute Gasteiger partial charge is 0.173 e. The van der Waals surface area contributed by atoms with Gasteiger partial charge in [-0.05, 0) is 48.9 Å². The Labute approximate surface area is 180 Å². The average Bonchev–Trinajstić information content (AvgIpc) is 2.82. The van der Waals surface area contributed by atoms with Crippen LogP contribution in [0, 0.1) is 11.3 Å². The lowest BCUT2D eigenvalue weighted by molar-refractivity contribution is 0.102. The van der Waals surface area contributed by atoms with E-state index < -0.39 is 0 Å². The zero-order valence-electron chi connectivity index (χ0n) is 16.9. The summed E-state index contributed by atoms with van der Waals surface area (Å²) in [6, 6.07) is 19.5. The molecule has 0 atom stereocenters. The van der Waals surface area contributed by atoms with Gasteiger partial charge in [-0.3, -0.25) is 4.79 Å². The summed E-state index contributed by atoms with van der Waals surface area (Å²) in [6.45, 7) is 0. The molecule has 0 spiro atoms. The number of nitriles is 1. The number of ether oxygens (including phenoxy) is 1. The number of pyridine rings is 1. The van der Waals surface area contributed by atoms with Gasteiger partial charge in [0, 0.05) is 11.1 Å². The lowest BCUT2D eigenvalue weighted by Gasteiger charge is -2.22. The molecule has 1 aromatic heterocycles. The number of benzene rings is 2. The minimum atomic E-state index is 0.0342. The molecule has 0 aliphatic heterocycles. The summed E-state index contributed by atoms with van der Waals surface area (Å²) in [5.74, 6) is 1.06. The molecule has 0 saturated heterocycles. The molecule has 1 aliphatic rings. The Balaban J connectivity index is 1.74. The fraction of sp³-hybridized carbons (Fsp3) is 0.240. The van der Waals surface area contributed by atoms with Crippen molar-refractivity contribution in [1.29, 1.82) is 5.26 Å². The van der Waals surface area contributed by atoms with Crippen LogP contribution in [-0.4, -0.2) is 23.6 Å². The fourth-order valence-corrected chi connectivity index (χ4v) is 4.77. The second kappa shape index (κ2) is 9.15. The van der Waals surface area contributed by atoms with Crippen LogP contribution in [0.4, 0.5) is 0 Å². The molecule has 0 unspecified atom stereocenters. The minimum absolute atomic E-state index is 0.0342. The number of hydrogen-bond donors (Lipinski definition) is 0. The molecule has 150 valence electrons. The van der Waals surface area contributed by atoms with E-state index in [1.165, 1.54) is 11.8 Å². The van der Waals surface area contributed by atoms with Crippen LogP contribution in [0.3, 0.4) is 0 Å². The van der Waals surface area contributed by atoms with Gasteiger partial charge in [0.2, 0.25) is 0 Å². The van der Waals surface area contributed by atoms with Crippen molar-refractivity contribution in [3.63, 3.8) is 0 Å². The number of aromatic nitrogens is 1. The van der Waals surface area contributed by atoms with Gasteiger partial charge in [0.05, 0.1) is 24.1 Å². The summed E-state index contributed by atoms with van der Waals surface area (Å²) in [7, 11) is 1.65. The molecule has 1 heterocycles. The van der Waals surface area contributed by atoms with Crippen LogP contribution in [0.25, 0.3) is 11.3 Å². The lowest BCUT2D eigenvalue weighted by Crippen LogP contribution is -2.11. The summed E-state index contributed by atoms with van der Waals surface area (Å²) in [5.41, 5.74) is 5.43. The quantitative estimate of drug-likeness (QED) is 0.395. The van der Waals surface area contributed by atoms with Crippen molar-refractivity contribution in [2.24, 2.45) is 0 Å². The summed E-state index contributed by atoms with van der Waals surface area (Å²) in [6.07, 6.45) is 3.95. The van der Waals surface area contributed by atoms with E-state index in [0.717, 1.165) is 53.8 Å². The van der Waals surface area contributed by atoms with Gasteiger partial charge in [-0.25, -0.2) is 4.98 Å². The van der Waals surface area contributed by atoms with Gasteiger partial charge < -0.3 is 4.74 Å². The summed E-state index contributed by atoms with van der Waals surface area (Å²) in [4.78, 5) is 17.5. The number of nitrogens with zero attached hydrogens (tertiary/aromatic N) is 2. The summed E-state index contributed by atoms with van der Waals surface area (Å²) in [5, 5.41) is 10.5. The molecular formula is C25H22N2O2S. The van der Waals surface area contributed by atoms with Crippen molar-refractivity contribution in [2.45, 2.75) is 30.7 Å². The summed E-state index contributed by atoms with van der Waals surface area (Å²) < 4.78 is 5.39. The molecule has 0 saturated carbocycles. The Kier molecular flexibility index (Phi) is 6.15. The van der Waals surface area contributed by atoms with Crippen molar-refractivity contribution in [2.75, 3.05) is 12.9 Å². The Morgan fingerprint density at radius 3 is 2.60 bits per heavy atom. The van der Waals surface area contributed by atoms with Gasteiger partial charge in [0.25, 0.3) is 0 Å². The van der Waals surface area contributed by atoms with Gasteiger partial charge in [0.15, 0.2) is 5.78 Å². The monoisotopic (exact) mass is 414 g/mol. The van der Waals surface area contributed by atoms with E-state index in [-0.39, 0.29) is 11.5 Å². The van der Waals surface area contributed by atoms with Crippen molar-refractivity contribution in [1.82, 2.24) is 4.98 Å². The van der Waals surface area contributed by atoms with E-state index in [4.69, 9.17) is 9.72 Å². The Morgan fingerprint density at radius 2 is 1.87 bits per heavy atom. The molecule has 2 aromatic carbocycles. The van der Waals surface area contributed by atoms with Crippen LogP contribution in [0.5, 0.6) is 5.75 Å². The molecule has 4 rings (SSSR count). The van der Waals surface area contributed by atoms with Gasteiger partial charge in [-0.2, -0.15) is 5.26 Å². The van der Waals surface area contributed by atoms with Gasteiger partial charge in [-0.1, -0.05) is 54.2 Å². The second-order valence-corrected chi connectivity index (χ2v) is 8.19. The fourth-order valence-electron chi connectivity index (χ4n) is 3.87. The summed E-state index contributed by atoms with van der Waals surface area (Å²) >= 11 is 1.35. The van der Waals surface area contributed by atoms with Crippen molar-refractivity contribution in [3.8, 4) is 23.1 Å². The average molecular weight is 415 g/mol. The molecule has 3 aromatic rings. The molecule has 4 nitrogen and oxygen atoms in total. The second-order valence-electron chi connectivity index (χ2n) is 7.23. The van der Waals surface area contributed by atoms with Crippen LogP contribution in [-0.2, 0) is 12.8 Å². The number of ketones is 1. The first kappa shape index (κ1) is 20.2. The molecule has 0 N–H and O–H groups in total. The number of carbonyl (C=O) groups is 1. The largest absolute Gasteiger partial charge is 0.497 e. The lowest BCUT2D eigenvalue weighted by atomic mass is 9.86. The first-order valence-electron chi connectivity index (χ1n) is 10.0. The van der Waals surface area contributed by atoms with Crippen molar-refractivity contribution >= 4 is 17.5 Å². The van der Waals surface area contributed by atoms with E-state index in [0.29, 0.717) is 16.2 Å². The standard InChI is InChI=1S/C25H22N2O2S/c1-29-19-11-7-10-18(14-19)24-21-13-6-5-12-20(21)22(15-26)25(27-24)30-16-23(28)17-8-3-2-4-9-17/h2-4,7-11,14H,5-6,12-13,16H2,1H3. The maximum absolute atomic E-state index is 12.6. The topological polar surface area (TPSA) is 63.0 Å². The number of methoxy groups -OCH3 is 1. The molecule has 0 fully saturated rings. The zero-order chi connectivity index (χ0) is 20.9. The highest BCUT2D eigenvalue weighted by atomic mass is 32.2. The van der Waals surface area contributed by atoms with Crippen LogP contribution >= 0.6 is 11.8 Å². The highest BCUT2D eigenvalue weighted by Gasteiger charge is 2.24. The molecule has 0 amide bonds. The number of Topliss-reactive ketones (excluding diaryl/α,β-unsaturated/α-hetero) is 1. The number of thioether (sulfide) groups is 1. The maximum Gasteiger partial charge on any atom is 0.173 e. The van der Waals surface area contributed by atoms with Crippen molar-refractivity contribution < 1.29 is 9.53 Å². The molecule has 5 heteroatoms. The van der Waals surface area contributed by atoms with Crippen LogP contribution in [0.15, 0.2) is 59.6 Å². The van der Waals surface area contributed by atoms with E-state index in [1.807, 2.05) is 54.6 Å². The van der Waals surface area contributed by atoms with Crippen LogP contribution in [0.2, 0.25) is 0 Å². The molecule has 0 bridgehead atoms. The Hall–Kier alpha value is -3.10. The molecule has 0 radical (unpaired) electrons.